The zero-order chi connectivity index (χ0) is 25.1. The topological polar surface area (TPSA) is 77.8 Å². The molecule has 0 spiro atoms. The van der Waals surface area contributed by atoms with Gasteiger partial charge in [0, 0.05) is 0 Å². The van der Waals surface area contributed by atoms with Crippen LogP contribution in [-0.2, 0) is 4.79 Å². The molecule has 5 rings (SSSR count). The Hall–Kier alpha value is -1.13. The summed E-state index contributed by atoms with van der Waals surface area (Å²) in [6, 6.07) is 0. The van der Waals surface area contributed by atoms with E-state index >= 15 is 0 Å². The quantitative estimate of drug-likeness (QED) is 0.431. The number of fused-ring (bicyclic) bond motifs is 6. The van der Waals surface area contributed by atoms with E-state index in [9.17, 15) is 20.1 Å². The fourth-order valence-electron chi connectivity index (χ4n) is 10.1. The van der Waals surface area contributed by atoms with Crippen molar-refractivity contribution in [3.05, 3.63) is 23.3 Å². The fraction of sp³-hybridized carbons (Fsp3) is 0.833. The molecule has 4 heteroatoms. The lowest BCUT2D eigenvalue weighted by Crippen LogP contribution is -2.65. The van der Waals surface area contributed by atoms with Gasteiger partial charge in [-0.15, -0.1) is 0 Å². The van der Waals surface area contributed by atoms with E-state index in [4.69, 9.17) is 0 Å². The van der Waals surface area contributed by atoms with E-state index in [2.05, 4.69) is 60.6 Å². The van der Waals surface area contributed by atoms with E-state index in [0.717, 1.165) is 44.9 Å². The van der Waals surface area contributed by atoms with Crippen LogP contribution in [0, 0.1) is 44.3 Å². The Balaban J connectivity index is 1.68. The summed E-state index contributed by atoms with van der Waals surface area (Å²) < 4.78 is 0. The smallest absolute Gasteiger partial charge is 0.313 e. The first kappa shape index (κ1) is 24.6. The minimum Gasteiger partial charge on any atom is -0.481 e. The summed E-state index contributed by atoms with van der Waals surface area (Å²) >= 11 is 0. The van der Waals surface area contributed by atoms with E-state index in [1.807, 2.05) is 0 Å². The number of hydrogen-bond donors (Lipinski definition) is 3. The molecule has 5 aliphatic rings. The number of carboxylic acids is 1. The lowest BCUT2D eigenvalue weighted by atomic mass is 9.35. The van der Waals surface area contributed by atoms with E-state index in [1.165, 1.54) is 11.1 Å². The van der Waals surface area contributed by atoms with Gasteiger partial charge >= 0.3 is 5.97 Å². The maximum atomic E-state index is 12.7. The van der Waals surface area contributed by atoms with Crippen LogP contribution in [0.1, 0.15) is 99.8 Å². The van der Waals surface area contributed by atoms with Crippen molar-refractivity contribution in [1.29, 1.82) is 0 Å². The number of aliphatic hydroxyl groups excluding tert-OH is 2. The molecule has 0 aromatic carbocycles. The molecule has 0 aromatic heterocycles. The van der Waals surface area contributed by atoms with Crippen LogP contribution in [-0.4, -0.2) is 33.5 Å². The highest BCUT2D eigenvalue weighted by Crippen LogP contribution is 2.74. The molecular weight excluding hydrogens is 424 g/mol. The summed E-state index contributed by atoms with van der Waals surface area (Å²) in [5.41, 5.74) is 1.43. The molecule has 3 N–H and O–H groups in total. The SMILES string of the molecule is CC1(C)CC[C@]2(C(=O)O)CC[C@]3(C)C(=C2C1)C=C[C@@H]1[C@@]2(C)CC(O)C(O)C(C)(C)C2CC[C@]13C. The molecule has 0 heterocycles. The highest BCUT2D eigenvalue weighted by molar-refractivity contribution is 5.80. The largest absolute Gasteiger partial charge is 0.481 e. The molecule has 0 radical (unpaired) electrons. The van der Waals surface area contributed by atoms with Gasteiger partial charge in [0.25, 0.3) is 0 Å². The van der Waals surface area contributed by atoms with E-state index in [0.29, 0.717) is 18.3 Å². The van der Waals surface area contributed by atoms with Gasteiger partial charge in [0.05, 0.1) is 17.6 Å². The van der Waals surface area contributed by atoms with Gasteiger partial charge in [-0.3, -0.25) is 4.79 Å². The summed E-state index contributed by atoms with van der Waals surface area (Å²) in [6.45, 7) is 16.1. The molecular formula is C30H46O4. The third-order valence-electron chi connectivity index (χ3n) is 12.4. The number of allylic oxidation sites excluding steroid dienone is 3. The second-order valence-corrected chi connectivity index (χ2v) is 14.8. The predicted octanol–water partition coefficient (Wildman–Crippen LogP) is 6.12. The second-order valence-electron chi connectivity index (χ2n) is 14.8. The number of carbonyl (C=O) groups is 1. The summed E-state index contributed by atoms with van der Waals surface area (Å²) in [5, 5.41) is 32.3. The molecule has 3 fully saturated rings. The van der Waals surface area contributed by atoms with Crippen LogP contribution < -0.4 is 0 Å². The Morgan fingerprint density at radius 2 is 1.59 bits per heavy atom. The van der Waals surface area contributed by atoms with Crippen molar-refractivity contribution in [2.24, 2.45) is 44.3 Å². The first-order chi connectivity index (χ1) is 15.6. The van der Waals surface area contributed by atoms with Gasteiger partial charge in [-0.2, -0.15) is 0 Å². The van der Waals surface area contributed by atoms with Crippen LogP contribution in [0.15, 0.2) is 23.3 Å². The molecule has 190 valence electrons. The molecule has 8 atom stereocenters. The van der Waals surface area contributed by atoms with Crippen molar-refractivity contribution in [2.45, 2.75) is 112 Å². The van der Waals surface area contributed by atoms with E-state index in [1.54, 1.807) is 0 Å². The van der Waals surface area contributed by atoms with Crippen molar-refractivity contribution in [2.75, 3.05) is 0 Å². The van der Waals surface area contributed by atoms with Crippen LogP contribution in [0.4, 0.5) is 0 Å². The van der Waals surface area contributed by atoms with Crippen molar-refractivity contribution >= 4 is 5.97 Å². The standard InChI is InChI=1S/C30H46O4/c1-25(2)12-14-30(24(33)34)15-13-28(6)18(19(30)16-25)8-9-22-27(5)17-20(31)23(32)26(3,4)21(27)10-11-29(22,28)7/h8-9,20-23,31-32H,10-17H2,1-7H3,(H,33,34)/t20?,21?,22-,23?,27+,28-,29-,30+/m1/s1. The first-order valence-electron chi connectivity index (χ1n) is 13.6. The summed E-state index contributed by atoms with van der Waals surface area (Å²) in [4.78, 5) is 12.7. The third kappa shape index (κ3) is 2.82. The second kappa shape index (κ2) is 7.00. The van der Waals surface area contributed by atoms with Crippen molar-refractivity contribution in [3.8, 4) is 0 Å². The Morgan fingerprint density at radius 1 is 0.941 bits per heavy atom. The minimum absolute atomic E-state index is 0.000318. The molecule has 3 saturated carbocycles. The van der Waals surface area contributed by atoms with Gasteiger partial charge in [0.2, 0.25) is 0 Å². The average molecular weight is 471 g/mol. The summed E-state index contributed by atoms with van der Waals surface area (Å²) in [7, 11) is 0. The highest BCUT2D eigenvalue weighted by atomic mass is 16.4. The number of hydrogen-bond acceptors (Lipinski definition) is 3. The number of carboxylic acid groups (broad SMARTS) is 1. The normalized spacial score (nSPS) is 51.1. The lowest BCUT2D eigenvalue weighted by Gasteiger charge is -2.69. The van der Waals surface area contributed by atoms with Crippen molar-refractivity contribution < 1.29 is 20.1 Å². The van der Waals surface area contributed by atoms with Gasteiger partial charge in [-0.1, -0.05) is 60.6 Å². The van der Waals surface area contributed by atoms with Gasteiger partial charge in [0.1, 0.15) is 0 Å². The average Bonchev–Trinajstić information content (AvgIpc) is 2.72. The molecule has 0 saturated heterocycles. The third-order valence-corrected chi connectivity index (χ3v) is 12.4. The predicted molar refractivity (Wildman–Crippen MR) is 134 cm³/mol. The molecule has 5 aliphatic carbocycles. The Bertz CT molecular complexity index is 974. The molecule has 3 unspecified atom stereocenters. The van der Waals surface area contributed by atoms with Crippen LogP contribution in [0.25, 0.3) is 0 Å². The summed E-state index contributed by atoms with van der Waals surface area (Å²) in [5.74, 6) is 0.00716. The van der Waals surface area contributed by atoms with Crippen molar-refractivity contribution in [1.82, 2.24) is 0 Å². The maximum absolute atomic E-state index is 12.7. The van der Waals surface area contributed by atoms with Gasteiger partial charge in [-0.05, 0) is 101 Å². The number of rotatable bonds is 1. The highest BCUT2D eigenvalue weighted by Gasteiger charge is 2.68. The molecule has 34 heavy (non-hydrogen) atoms. The lowest BCUT2D eigenvalue weighted by molar-refractivity contribution is -0.217. The number of aliphatic hydroxyl groups is 2. The Morgan fingerprint density at radius 3 is 2.24 bits per heavy atom. The van der Waals surface area contributed by atoms with Crippen LogP contribution in [0.3, 0.4) is 0 Å². The minimum atomic E-state index is -0.704. The fourth-order valence-corrected chi connectivity index (χ4v) is 10.1. The van der Waals surface area contributed by atoms with E-state index < -0.39 is 23.6 Å². The van der Waals surface area contributed by atoms with Gasteiger partial charge < -0.3 is 15.3 Å². The Labute approximate surface area is 205 Å². The van der Waals surface area contributed by atoms with Crippen LogP contribution in [0.2, 0.25) is 0 Å². The zero-order valence-corrected chi connectivity index (χ0v) is 22.4. The maximum Gasteiger partial charge on any atom is 0.313 e. The first-order valence-corrected chi connectivity index (χ1v) is 13.6. The van der Waals surface area contributed by atoms with Crippen LogP contribution >= 0.6 is 0 Å². The zero-order valence-electron chi connectivity index (χ0n) is 22.4. The van der Waals surface area contributed by atoms with Gasteiger partial charge in [0.15, 0.2) is 0 Å². The molecule has 0 aromatic rings. The Kier molecular flexibility index (Phi) is 5.06. The molecule has 0 aliphatic heterocycles. The number of aliphatic carboxylic acids is 1. The molecule has 4 nitrogen and oxygen atoms in total. The van der Waals surface area contributed by atoms with E-state index in [-0.39, 0.29) is 27.1 Å². The summed E-state index contributed by atoms with van der Waals surface area (Å²) in [6.07, 6.45) is 10.3. The van der Waals surface area contributed by atoms with Crippen molar-refractivity contribution in [3.63, 3.8) is 0 Å². The molecule has 0 bridgehead atoms. The monoisotopic (exact) mass is 470 g/mol. The van der Waals surface area contributed by atoms with Gasteiger partial charge in [-0.25, -0.2) is 0 Å². The van der Waals surface area contributed by atoms with Crippen LogP contribution in [0.5, 0.6) is 0 Å². The molecule has 0 amide bonds.